The fourth-order valence-electron chi connectivity index (χ4n) is 1.75. The first-order valence-electron chi connectivity index (χ1n) is 5.41. The molecule has 0 saturated carbocycles. The topological polar surface area (TPSA) is 43.8 Å². The van der Waals surface area contributed by atoms with Crippen LogP contribution in [0.5, 0.6) is 0 Å². The molecule has 2 N–H and O–H groups in total. The molecule has 0 aromatic carbocycles. The van der Waals surface area contributed by atoms with Crippen LogP contribution in [0.25, 0.3) is 0 Å². The molecule has 1 aromatic rings. The van der Waals surface area contributed by atoms with Gasteiger partial charge in [0.25, 0.3) is 0 Å². The Morgan fingerprint density at radius 2 is 2.07 bits per heavy atom. The minimum Gasteiger partial charge on any atom is -0.324 e. The van der Waals surface area contributed by atoms with Gasteiger partial charge < -0.3 is 5.73 Å². The summed E-state index contributed by atoms with van der Waals surface area (Å²) in [6.07, 6.45) is 7.37. The number of nitrogens with zero attached hydrogens (tertiary/aromatic N) is 2. The second-order valence-electron chi connectivity index (χ2n) is 3.97. The molecular formula is C11H21N3. The molecule has 0 aliphatic carbocycles. The minimum atomic E-state index is 0.147. The highest BCUT2D eigenvalue weighted by Gasteiger charge is 2.13. The second kappa shape index (κ2) is 5.15. The quantitative estimate of drug-likeness (QED) is 0.783. The fraction of sp³-hybridized carbons (Fsp3) is 0.727. The molecule has 14 heavy (non-hydrogen) atoms. The molecule has 0 aliphatic rings. The molecule has 3 heteroatoms. The highest BCUT2D eigenvalue weighted by Crippen LogP contribution is 2.22. The predicted molar refractivity (Wildman–Crippen MR) is 58.8 cm³/mol. The molecule has 1 atom stereocenters. The first-order valence-corrected chi connectivity index (χ1v) is 5.41. The third-order valence-corrected chi connectivity index (χ3v) is 2.89. The summed E-state index contributed by atoms with van der Waals surface area (Å²) >= 11 is 0. The SMILES string of the molecule is CCC(CC)CC(N)c1cnn(C)c1. The standard InChI is InChI=1S/C11H21N3/c1-4-9(5-2)6-11(12)10-7-13-14(3)8-10/h7-9,11H,4-6,12H2,1-3H3. The van der Waals surface area contributed by atoms with Gasteiger partial charge in [-0.25, -0.2) is 0 Å². The van der Waals surface area contributed by atoms with Gasteiger partial charge in [-0.15, -0.1) is 0 Å². The molecule has 80 valence electrons. The smallest absolute Gasteiger partial charge is 0.0537 e. The first-order chi connectivity index (χ1) is 6.67. The van der Waals surface area contributed by atoms with Gasteiger partial charge in [-0.05, 0) is 12.3 Å². The van der Waals surface area contributed by atoms with E-state index < -0.39 is 0 Å². The van der Waals surface area contributed by atoms with E-state index in [-0.39, 0.29) is 6.04 Å². The molecule has 0 radical (unpaired) electrons. The third-order valence-electron chi connectivity index (χ3n) is 2.89. The molecule has 0 saturated heterocycles. The number of hydrogen-bond acceptors (Lipinski definition) is 2. The van der Waals surface area contributed by atoms with E-state index in [1.165, 1.54) is 12.8 Å². The van der Waals surface area contributed by atoms with E-state index in [9.17, 15) is 0 Å². The summed E-state index contributed by atoms with van der Waals surface area (Å²) in [6.45, 7) is 4.45. The number of hydrogen-bond donors (Lipinski definition) is 1. The first kappa shape index (κ1) is 11.2. The van der Waals surface area contributed by atoms with Crippen LogP contribution in [0.15, 0.2) is 12.4 Å². The van der Waals surface area contributed by atoms with Gasteiger partial charge >= 0.3 is 0 Å². The van der Waals surface area contributed by atoms with Gasteiger partial charge in [-0.3, -0.25) is 4.68 Å². The van der Waals surface area contributed by atoms with Gasteiger partial charge in [0.15, 0.2) is 0 Å². The largest absolute Gasteiger partial charge is 0.324 e. The van der Waals surface area contributed by atoms with Crippen molar-refractivity contribution in [3.63, 3.8) is 0 Å². The van der Waals surface area contributed by atoms with Crippen molar-refractivity contribution in [2.75, 3.05) is 0 Å². The lowest BCUT2D eigenvalue weighted by Gasteiger charge is -2.16. The van der Waals surface area contributed by atoms with Gasteiger partial charge in [0.1, 0.15) is 0 Å². The van der Waals surface area contributed by atoms with Crippen LogP contribution in [0, 0.1) is 5.92 Å². The zero-order valence-electron chi connectivity index (χ0n) is 9.40. The Morgan fingerprint density at radius 3 is 2.50 bits per heavy atom. The van der Waals surface area contributed by atoms with Crippen molar-refractivity contribution in [3.05, 3.63) is 18.0 Å². The number of rotatable bonds is 5. The van der Waals surface area contributed by atoms with Crippen LogP contribution >= 0.6 is 0 Å². The molecule has 0 fully saturated rings. The zero-order valence-corrected chi connectivity index (χ0v) is 9.40. The molecule has 1 unspecified atom stereocenters. The molecule has 1 aromatic heterocycles. The predicted octanol–water partition coefficient (Wildman–Crippen LogP) is 2.25. The van der Waals surface area contributed by atoms with Crippen LogP contribution in [-0.4, -0.2) is 9.78 Å². The summed E-state index contributed by atoms with van der Waals surface area (Å²) in [4.78, 5) is 0. The molecule has 0 aliphatic heterocycles. The van der Waals surface area contributed by atoms with E-state index in [4.69, 9.17) is 5.73 Å². The summed E-state index contributed by atoms with van der Waals surface area (Å²) in [5.41, 5.74) is 7.26. The lowest BCUT2D eigenvalue weighted by Crippen LogP contribution is -2.14. The monoisotopic (exact) mass is 195 g/mol. The summed E-state index contributed by atoms with van der Waals surface area (Å²) in [6, 6.07) is 0.147. The van der Waals surface area contributed by atoms with Crippen LogP contribution in [0.2, 0.25) is 0 Å². The maximum absolute atomic E-state index is 6.11. The van der Waals surface area contributed by atoms with Crippen molar-refractivity contribution in [1.29, 1.82) is 0 Å². The van der Waals surface area contributed by atoms with Gasteiger partial charge in [-0.1, -0.05) is 26.7 Å². The summed E-state index contributed by atoms with van der Waals surface area (Å²) < 4.78 is 1.81. The maximum atomic E-state index is 6.11. The maximum Gasteiger partial charge on any atom is 0.0537 e. The normalized spacial score (nSPS) is 13.5. The molecule has 1 heterocycles. The number of aromatic nitrogens is 2. The van der Waals surface area contributed by atoms with Crippen molar-refractivity contribution in [2.45, 2.75) is 39.2 Å². The van der Waals surface area contributed by atoms with Gasteiger partial charge in [0.05, 0.1) is 6.20 Å². The molecule has 1 rings (SSSR count). The van der Waals surface area contributed by atoms with Gasteiger partial charge in [0.2, 0.25) is 0 Å². The van der Waals surface area contributed by atoms with Gasteiger partial charge in [0, 0.05) is 24.8 Å². The van der Waals surface area contributed by atoms with Crippen molar-refractivity contribution in [1.82, 2.24) is 9.78 Å². The lowest BCUT2D eigenvalue weighted by atomic mass is 9.93. The van der Waals surface area contributed by atoms with Crippen molar-refractivity contribution in [2.24, 2.45) is 18.7 Å². The van der Waals surface area contributed by atoms with Crippen LogP contribution in [-0.2, 0) is 7.05 Å². The summed E-state index contributed by atoms with van der Waals surface area (Å²) in [5, 5.41) is 4.13. The van der Waals surface area contributed by atoms with Crippen LogP contribution in [0.1, 0.15) is 44.7 Å². The number of nitrogens with two attached hydrogens (primary N) is 1. The summed E-state index contributed by atoms with van der Waals surface area (Å²) in [7, 11) is 1.92. The molecule has 0 spiro atoms. The van der Waals surface area contributed by atoms with E-state index >= 15 is 0 Å². The van der Waals surface area contributed by atoms with E-state index in [1.54, 1.807) is 0 Å². The fourth-order valence-corrected chi connectivity index (χ4v) is 1.75. The highest BCUT2D eigenvalue weighted by molar-refractivity contribution is 5.09. The number of aryl methyl sites for hydroxylation is 1. The van der Waals surface area contributed by atoms with Crippen molar-refractivity contribution < 1.29 is 0 Å². The van der Waals surface area contributed by atoms with Crippen LogP contribution in [0.4, 0.5) is 0 Å². The molecule has 3 nitrogen and oxygen atoms in total. The lowest BCUT2D eigenvalue weighted by molar-refractivity contribution is 0.414. The Labute approximate surface area is 86.3 Å². The molecular weight excluding hydrogens is 174 g/mol. The van der Waals surface area contributed by atoms with Crippen LogP contribution in [0.3, 0.4) is 0 Å². The van der Waals surface area contributed by atoms with Crippen molar-refractivity contribution >= 4 is 0 Å². The van der Waals surface area contributed by atoms with E-state index in [1.807, 2.05) is 24.1 Å². The average molecular weight is 195 g/mol. The van der Waals surface area contributed by atoms with E-state index in [2.05, 4.69) is 18.9 Å². The minimum absolute atomic E-state index is 0.147. The molecule has 0 bridgehead atoms. The Balaban J connectivity index is 2.53. The second-order valence-corrected chi connectivity index (χ2v) is 3.97. The third kappa shape index (κ3) is 2.84. The highest BCUT2D eigenvalue weighted by atomic mass is 15.2. The van der Waals surface area contributed by atoms with E-state index in [0.29, 0.717) is 0 Å². The van der Waals surface area contributed by atoms with Crippen LogP contribution < -0.4 is 5.73 Å². The van der Waals surface area contributed by atoms with Gasteiger partial charge in [-0.2, -0.15) is 5.10 Å². The average Bonchev–Trinajstić information content (AvgIpc) is 2.61. The Bertz CT molecular complexity index is 263. The zero-order chi connectivity index (χ0) is 10.6. The van der Waals surface area contributed by atoms with Crippen molar-refractivity contribution in [3.8, 4) is 0 Å². The Morgan fingerprint density at radius 1 is 1.43 bits per heavy atom. The summed E-state index contributed by atoms with van der Waals surface area (Å²) in [5.74, 6) is 0.741. The Hall–Kier alpha value is -0.830. The van der Waals surface area contributed by atoms with E-state index in [0.717, 1.165) is 17.9 Å². The molecule has 0 amide bonds. The Kier molecular flexibility index (Phi) is 4.14.